The minimum atomic E-state index is -0.501. The topological polar surface area (TPSA) is 93.9 Å². The molecule has 1 aliphatic rings. The first kappa shape index (κ1) is 19.7. The molecule has 7 heteroatoms. The summed E-state index contributed by atoms with van der Waals surface area (Å²) in [7, 11) is 0. The quantitative estimate of drug-likeness (QED) is 0.686. The summed E-state index contributed by atoms with van der Waals surface area (Å²) >= 11 is 0. The van der Waals surface area contributed by atoms with Crippen LogP contribution in [0.3, 0.4) is 0 Å². The number of hydrogen-bond acceptors (Lipinski definition) is 5. The van der Waals surface area contributed by atoms with Gasteiger partial charge in [-0.05, 0) is 47.1 Å². The molecule has 0 aliphatic carbocycles. The summed E-state index contributed by atoms with van der Waals surface area (Å²) in [5.74, 6) is -0.281. The van der Waals surface area contributed by atoms with E-state index in [1.54, 1.807) is 4.90 Å². The van der Waals surface area contributed by atoms with Crippen LogP contribution in [0.15, 0.2) is 0 Å². The van der Waals surface area contributed by atoms with Crippen molar-refractivity contribution in [3.63, 3.8) is 0 Å². The van der Waals surface area contributed by atoms with Crippen LogP contribution in [0.1, 0.15) is 47.0 Å². The molecule has 134 valence electrons. The summed E-state index contributed by atoms with van der Waals surface area (Å²) in [4.78, 5) is 24.8. The summed E-state index contributed by atoms with van der Waals surface area (Å²) < 4.78 is 11.0. The van der Waals surface area contributed by atoms with E-state index in [-0.39, 0.29) is 24.1 Å². The van der Waals surface area contributed by atoms with Gasteiger partial charge in [0.25, 0.3) is 0 Å². The first-order valence-electron chi connectivity index (χ1n) is 8.28. The Morgan fingerprint density at radius 3 is 2.74 bits per heavy atom. The number of nitrogens with zero attached hydrogens (tertiary/aromatic N) is 1. The normalized spacial score (nSPS) is 20.2. The highest BCUT2D eigenvalue weighted by Gasteiger charge is 2.31. The summed E-state index contributed by atoms with van der Waals surface area (Å²) in [6.45, 7) is 9.99. The van der Waals surface area contributed by atoms with Crippen LogP contribution in [-0.2, 0) is 14.3 Å². The molecule has 1 fully saturated rings. The van der Waals surface area contributed by atoms with Crippen LogP contribution in [0.4, 0.5) is 4.79 Å². The van der Waals surface area contributed by atoms with Crippen LogP contribution < -0.4 is 11.1 Å². The monoisotopic (exact) mass is 329 g/mol. The minimum absolute atomic E-state index is 0.00256. The molecule has 7 nitrogen and oxygen atoms in total. The smallest absolute Gasteiger partial charge is 0.410 e. The number of carbonyl (C=O) groups excluding carboxylic acids is 2. The average Bonchev–Trinajstić information content (AvgIpc) is 2.42. The van der Waals surface area contributed by atoms with Crippen molar-refractivity contribution in [3.8, 4) is 0 Å². The van der Waals surface area contributed by atoms with Gasteiger partial charge in [-0.2, -0.15) is 0 Å². The third-order valence-corrected chi connectivity index (χ3v) is 3.57. The fraction of sp³-hybridized carbons (Fsp3) is 0.875. The Kier molecular flexibility index (Phi) is 7.78. The van der Waals surface area contributed by atoms with Crippen molar-refractivity contribution in [3.05, 3.63) is 0 Å². The molecule has 0 aromatic carbocycles. The van der Waals surface area contributed by atoms with Crippen LogP contribution in [0.25, 0.3) is 0 Å². The van der Waals surface area contributed by atoms with E-state index in [1.165, 1.54) is 0 Å². The second-order valence-corrected chi connectivity index (χ2v) is 7.06. The SMILES string of the molecule is CC(CC1COCCN1C(=O)OC(C)(C)C)NCCCC(N)=O. The van der Waals surface area contributed by atoms with Gasteiger partial charge in [-0.1, -0.05) is 0 Å². The van der Waals surface area contributed by atoms with Gasteiger partial charge in [0.2, 0.25) is 5.91 Å². The number of amides is 2. The Bertz CT molecular complexity index is 395. The number of hydrogen-bond donors (Lipinski definition) is 2. The van der Waals surface area contributed by atoms with Gasteiger partial charge in [0, 0.05) is 19.0 Å². The third-order valence-electron chi connectivity index (χ3n) is 3.57. The first-order valence-corrected chi connectivity index (χ1v) is 8.28. The van der Waals surface area contributed by atoms with Crippen LogP contribution in [0.2, 0.25) is 0 Å². The van der Waals surface area contributed by atoms with Gasteiger partial charge in [0.05, 0.1) is 19.3 Å². The van der Waals surface area contributed by atoms with Crippen molar-refractivity contribution in [1.82, 2.24) is 10.2 Å². The van der Waals surface area contributed by atoms with Crippen LogP contribution >= 0.6 is 0 Å². The molecule has 1 rings (SSSR count). The summed E-state index contributed by atoms with van der Waals surface area (Å²) in [6.07, 6.45) is 1.59. The Balaban J connectivity index is 2.44. The van der Waals surface area contributed by atoms with Crippen LogP contribution in [-0.4, -0.2) is 60.9 Å². The number of rotatable bonds is 7. The highest BCUT2D eigenvalue weighted by Crippen LogP contribution is 2.17. The maximum atomic E-state index is 12.3. The predicted octanol–water partition coefficient (Wildman–Crippen LogP) is 1.26. The van der Waals surface area contributed by atoms with Gasteiger partial charge >= 0.3 is 6.09 Å². The van der Waals surface area contributed by atoms with Gasteiger partial charge in [-0.25, -0.2) is 4.79 Å². The molecule has 0 aromatic rings. The fourth-order valence-electron chi connectivity index (χ4n) is 2.51. The molecule has 2 amide bonds. The number of nitrogens with two attached hydrogens (primary N) is 1. The highest BCUT2D eigenvalue weighted by molar-refractivity contribution is 5.73. The van der Waals surface area contributed by atoms with Gasteiger partial charge < -0.3 is 25.4 Å². The van der Waals surface area contributed by atoms with E-state index in [1.807, 2.05) is 20.8 Å². The van der Waals surface area contributed by atoms with Crippen molar-refractivity contribution >= 4 is 12.0 Å². The lowest BCUT2D eigenvalue weighted by Crippen LogP contribution is -2.52. The molecule has 23 heavy (non-hydrogen) atoms. The molecule has 0 spiro atoms. The lowest BCUT2D eigenvalue weighted by atomic mass is 10.1. The van der Waals surface area contributed by atoms with E-state index in [0.717, 1.165) is 19.4 Å². The third kappa shape index (κ3) is 8.18. The molecule has 0 saturated carbocycles. The summed E-state index contributed by atoms with van der Waals surface area (Å²) in [6, 6.07) is 0.205. The molecule has 2 atom stereocenters. The molecule has 1 aliphatic heterocycles. The number of carbonyl (C=O) groups is 2. The largest absolute Gasteiger partial charge is 0.444 e. The van der Waals surface area contributed by atoms with Gasteiger partial charge in [-0.15, -0.1) is 0 Å². The Hall–Kier alpha value is -1.34. The molecule has 0 bridgehead atoms. The molecular weight excluding hydrogens is 298 g/mol. The Morgan fingerprint density at radius 1 is 1.43 bits per heavy atom. The second kappa shape index (κ2) is 9.08. The standard InChI is InChI=1S/C16H31N3O4/c1-12(18-7-5-6-14(17)20)10-13-11-22-9-8-19(13)15(21)23-16(2,3)4/h12-13,18H,5-11H2,1-4H3,(H2,17,20). The minimum Gasteiger partial charge on any atom is -0.444 e. The Labute approximate surface area is 138 Å². The van der Waals surface area contributed by atoms with E-state index >= 15 is 0 Å². The highest BCUT2D eigenvalue weighted by atomic mass is 16.6. The molecule has 3 N–H and O–H groups in total. The van der Waals surface area contributed by atoms with Crippen molar-refractivity contribution in [2.75, 3.05) is 26.3 Å². The molecule has 2 unspecified atom stereocenters. The number of ether oxygens (including phenoxy) is 2. The van der Waals surface area contributed by atoms with Gasteiger partial charge in [0.1, 0.15) is 5.60 Å². The zero-order chi connectivity index (χ0) is 17.5. The fourth-order valence-corrected chi connectivity index (χ4v) is 2.51. The maximum Gasteiger partial charge on any atom is 0.410 e. The lowest BCUT2D eigenvalue weighted by molar-refractivity contribution is -0.118. The van der Waals surface area contributed by atoms with E-state index < -0.39 is 5.60 Å². The van der Waals surface area contributed by atoms with Crippen molar-refractivity contribution < 1.29 is 19.1 Å². The first-order chi connectivity index (χ1) is 10.7. The van der Waals surface area contributed by atoms with Crippen molar-refractivity contribution in [1.29, 1.82) is 0 Å². The van der Waals surface area contributed by atoms with Crippen molar-refractivity contribution in [2.24, 2.45) is 5.73 Å². The van der Waals surface area contributed by atoms with Crippen LogP contribution in [0.5, 0.6) is 0 Å². The molecular formula is C16H31N3O4. The zero-order valence-corrected chi connectivity index (χ0v) is 14.8. The van der Waals surface area contributed by atoms with Gasteiger partial charge in [0.15, 0.2) is 0 Å². The lowest BCUT2D eigenvalue weighted by Gasteiger charge is -2.37. The average molecular weight is 329 g/mol. The van der Waals surface area contributed by atoms with E-state index in [9.17, 15) is 9.59 Å². The molecule has 1 heterocycles. The number of morpholine rings is 1. The van der Waals surface area contributed by atoms with E-state index in [0.29, 0.717) is 26.2 Å². The number of nitrogens with one attached hydrogen (secondary N) is 1. The zero-order valence-electron chi connectivity index (χ0n) is 14.8. The van der Waals surface area contributed by atoms with Crippen LogP contribution in [0, 0.1) is 0 Å². The molecule has 0 aromatic heterocycles. The predicted molar refractivity (Wildman–Crippen MR) is 88.1 cm³/mol. The number of primary amides is 1. The summed E-state index contributed by atoms with van der Waals surface area (Å²) in [5.41, 5.74) is 4.62. The summed E-state index contributed by atoms with van der Waals surface area (Å²) in [5, 5.41) is 3.35. The maximum absolute atomic E-state index is 12.3. The van der Waals surface area contributed by atoms with Gasteiger partial charge in [-0.3, -0.25) is 4.79 Å². The van der Waals surface area contributed by atoms with Crippen molar-refractivity contribution in [2.45, 2.75) is 64.6 Å². The van der Waals surface area contributed by atoms with E-state index in [2.05, 4.69) is 12.2 Å². The Morgan fingerprint density at radius 2 is 2.13 bits per heavy atom. The second-order valence-electron chi connectivity index (χ2n) is 7.06. The molecule has 0 radical (unpaired) electrons. The van der Waals surface area contributed by atoms with E-state index in [4.69, 9.17) is 15.2 Å². The molecule has 1 saturated heterocycles.